The van der Waals surface area contributed by atoms with Crippen LogP contribution in [0.4, 0.5) is 10.5 Å². The van der Waals surface area contributed by atoms with E-state index in [9.17, 15) is 14.4 Å². The number of anilines is 1. The quantitative estimate of drug-likeness (QED) is 0.539. The molecule has 1 fully saturated rings. The Bertz CT molecular complexity index is 1180. The first kappa shape index (κ1) is 19.2. The molecule has 7 heteroatoms. The van der Waals surface area contributed by atoms with Crippen molar-refractivity contribution in [1.29, 1.82) is 0 Å². The highest BCUT2D eigenvalue weighted by atomic mass is 16.2. The molecule has 7 nitrogen and oxygen atoms in total. The molecule has 0 unspecified atom stereocenters. The largest absolute Gasteiger partial charge is 0.335 e. The zero-order chi connectivity index (χ0) is 21.3. The molecule has 1 aliphatic rings. The van der Waals surface area contributed by atoms with Gasteiger partial charge in [-0.3, -0.25) is 14.9 Å². The van der Waals surface area contributed by atoms with Crippen LogP contribution < -0.4 is 10.2 Å². The fourth-order valence-electron chi connectivity index (χ4n) is 3.07. The number of amides is 4. The molecule has 3 aromatic rings. The van der Waals surface area contributed by atoms with E-state index in [-0.39, 0.29) is 5.57 Å². The van der Waals surface area contributed by atoms with Gasteiger partial charge in [0.05, 0.1) is 5.69 Å². The lowest BCUT2D eigenvalue weighted by Gasteiger charge is -2.26. The third-order valence-corrected chi connectivity index (χ3v) is 4.87. The smallest absolute Gasteiger partial charge is 0.273 e. The maximum absolute atomic E-state index is 13.0. The zero-order valence-electron chi connectivity index (χ0n) is 16.4. The molecule has 0 radical (unpaired) electrons. The number of rotatable bonds is 3. The summed E-state index contributed by atoms with van der Waals surface area (Å²) in [6.45, 7) is 3.82. The number of carbonyl (C=O) groups is 3. The number of aromatic nitrogens is 2. The minimum atomic E-state index is -0.777. The molecule has 30 heavy (non-hydrogen) atoms. The summed E-state index contributed by atoms with van der Waals surface area (Å²) in [6.07, 6.45) is 4.44. The van der Waals surface area contributed by atoms with Crippen LogP contribution in [0.3, 0.4) is 0 Å². The number of aryl methyl sites for hydroxylation is 2. The lowest BCUT2D eigenvalue weighted by Crippen LogP contribution is -2.54. The van der Waals surface area contributed by atoms with E-state index in [0.29, 0.717) is 17.1 Å². The third kappa shape index (κ3) is 3.60. The summed E-state index contributed by atoms with van der Waals surface area (Å²) in [7, 11) is 0. The summed E-state index contributed by atoms with van der Waals surface area (Å²) in [5.41, 5.74) is 3.53. The van der Waals surface area contributed by atoms with E-state index in [4.69, 9.17) is 0 Å². The number of imide groups is 2. The molecule has 0 spiro atoms. The normalized spacial score (nSPS) is 15.5. The minimum Gasteiger partial charge on any atom is -0.273 e. The van der Waals surface area contributed by atoms with Gasteiger partial charge in [0.2, 0.25) is 0 Å². The Balaban J connectivity index is 1.66. The van der Waals surface area contributed by atoms with E-state index in [1.165, 1.54) is 18.5 Å². The Hall–Kier alpha value is -4.13. The molecule has 2 heterocycles. The van der Waals surface area contributed by atoms with E-state index < -0.39 is 17.8 Å². The van der Waals surface area contributed by atoms with Crippen molar-refractivity contribution in [2.24, 2.45) is 0 Å². The summed E-state index contributed by atoms with van der Waals surface area (Å²) in [5.74, 6) is -0.916. The second-order valence-corrected chi connectivity index (χ2v) is 6.93. The number of nitrogens with zero attached hydrogens (tertiary/aromatic N) is 3. The van der Waals surface area contributed by atoms with Crippen LogP contribution in [-0.2, 0) is 9.59 Å². The van der Waals surface area contributed by atoms with Crippen LogP contribution in [0.1, 0.15) is 16.7 Å². The Morgan fingerprint density at radius 1 is 0.900 bits per heavy atom. The van der Waals surface area contributed by atoms with Gasteiger partial charge in [-0.1, -0.05) is 36.4 Å². The zero-order valence-corrected chi connectivity index (χ0v) is 16.4. The molecule has 4 rings (SSSR count). The average Bonchev–Trinajstić information content (AvgIpc) is 2.74. The summed E-state index contributed by atoms with van der Waals surface area (Å²) in [5, 5.41) is 2.22. The van der Waals surface area contributed by atoms with Crippen molar-refractivity contribution < 1.29 is 14.4 Å². The van der Waals surface area contributed by atoms with Crippen molar-refractivity contribution in [3.8, 4) is 11.4 Å². The van der Waals surface area contributed by atoms with E-state index in [1.807, 2.05) is 50.2 Å². The molecule has 1 N–H and O–H groups in total. The topological polar surface area (TPSA) is 92.3 Å². The molecular formula is C23H18N4O3. The molecule has 4 amide bonds. The molecular weight excluding hydrogens is 380 g/mol. The highest BCUT2D eigenvalue weighted by Crippen LogP contribution is 2.24. The van der Waals surface area contributed by atoms with Gasteiger partial charge in [-0.15, -0.1) is 0 Å². The first-order valence-corrected chi connectivity index (χ1v) is 9.30. The number of benzene rings is 2. The summed E-state index contributed by atoms with van der Waals surface area (Å²) in [6, 6.07) is 13.9. The lowest BCUT2D eigenvalue weighted by atomic mass is 10.1. The van der Waals surface area contributed by atoms with Gasteiger partial charge in [0.25, 0.3) is 11.8 Å². The highest BCUT2D eigenvalue weighted by Gasteiger charge is 2.36. The van der Waals surface area contributed by atoms with Crippen LogP contribution in [0.2, 0.25) is 0 Å². The van der Waals surface area contributed by atoms with Crippen molar-refractivity contribution >= 4 is 29.6 Å². The number of barbiturate groups is 1. The van der Waals surface area contributed by atoms with Gasteiger partial charge in [-0.05, 0) is 43.2 Å². The molecule has 1 saturated heterocycles. The fourth-order valence-corrected chi connectivity index (χ4v) is 3.07. The first-order valence-electron chi connectivity index (χ1n) is 9.30. The molecule has 0 saturated carbocycles. The van der Waals surface area contributed by atoms with Gasteiger partial charge in [-0.2, -0.15) is 0 Å². The number of nitrogens with one attached hydrogen (secondary N) is 1. The van der Waals surface area contributed by atoms with Gasteiger partial charge in [0.15, 0.2) is 5.82 Å². The van der Waals surface area contributed by atoms with Gasteiger partial charge < -0.3 is 0 Å². The number of carbonyl (C=O) groups excluding carboxylic acids is 3. The van der Waals surface area contributed by atoms with Crippen molar-refractivity contribution in [1.82, 2.24) is 15.3 Å². The van der Waals surface area contributed by atoms with E-state index in [0.717, 1.165) is 21.6 Å². The second kappa shape index (κ2) is 7.71. The van der Waals surface area contributed by atoms with Gasteiger partial charge in [-0.25, -0.2) is 19.7 Å². The molecule has 0 atom stereocenters. The maximum atomic E-state index is 13.0. The Kier molecular flexibility index (Phi) is 4.93. The van der Waals surface area contributed by atoms with Gasteiger partial charge in [0.1, 0.15) is 5.57 Å². The highest BCUT2D eigenvalue weighted by molar-refractivity contribution is 6.39. The minimum absolute atomic E-state index is 0.163. The molecule has 148 valence electrons. The molecule has 0 bridgehead atoms. The number of hydrogen-bond acceptors (Lipinski definition) is 5. The SMILES string of the molecule is Cc1ccc(N2C(=O)NC(=O)/C(=C/c3cnc(-c4ccccc4)nc3)C2=O)cc1C. The van der Waals surface area contributed by atoms with E-state index in [1.54, 1.807) is 12.1 Å². The van der Waals surface area contributed by atoms with Crippen molar-refractivity contribution in [2.45, 2.75) is 13.8 Å². The first-order chi connectivity index (χ1) is 14.4. The number of urea groups is 1. The Morgan fingerprint density at radius 2 is 1.60 bits per heavy atom. The van der Waals surface area contributed by atoms with E-state index >= 15 is 0 Å². The molecule has 1 aromatic heterocycles. The predicted molar refractivity (Wildman–Crippen MR) is 112 cm³/mol. The Morgan fingerprint density at radius 3 is 2.27 bits per heavy atom. The van der Waals surface area contributed by atoms with Crippen LogP contribution in [0.15, 0.2) is 66.5 Å². The third-order valence-electron chi connectivity index (χ3n) is 4.87. The van der Waals surface area contributed by atoms with Crippen LogP contribution in [0, 0.1) is 13.8 Å². The van der Waals surface area contributed by atoms with Crippen molar-refractivity contribution in [3.63, 3.8) is 0 Å². The predicted octanol–water partition coefficient (Wildman–Crippen LogP) is 3.43. The number of hydrogen-bond donors (Lipinski definition) is 1. The molecule has 2 aromatic carbocycles. The summed E-state index contributed by atoms with van der Waals surface area (Å²) >= 11 is 0. The second-order valence-electron chi connectivity index (χ2n) is 6.93. The van der Waals surface area contributed by atoms with E-state index in [2.05, 4.69) is 15.3 Å². The molecule has 0 aliphatic carbocycles. The van der Waals surface area contributed by atoms with Crippen LogP contribution in [-0.4, -0.2) is 27.8 Å². The average molecular weight is 398 g/mol. The van der Waals surface area contributed by atoms with Gasteiger partial charge >= 0.3 is 6.03 Å². The van der Waals surface area contributed by atoms with Crippen molar-refractivity contribution in [2.75, 3.05) is 4.90 Å². The van der Waals surface area contributed by atoms with Gasteiger partial charge in [0, 0.05) is 23.5 Å². The Labute approximate surface area is 173 Å². The van der Waals surface area contributed by atoms with Crippen molar-refractivity contribution in [3.05, 3.63) is 83.2 Å². The fraction of sp³-hybridized carbons (Fsp3) is 0.0870. The van der Waals surface area contributed by atoms with Crippen LogP contribution in [0.5, 0.6) is 0 Å². The summed E-state index contributed by atoms with van der Waals surface area (Å²) < 4.78 is 0. The van der Waals surface area contributed by atoms with Crippen LogP contribution in [0.25, 0.3) is 17.5 Å². The summed E-state index contributed by atoms with van der Waals surface area (Å²) in [4.78, 5) is 47.2. The monoisotopic (exact) mass is 398 g/mol. The maximum Gasteiger partial charge on any atom is 0.335 e. The molecule has 1 aliphatic heterocycles. The standard InChI is InChI=1S/C23H18N4O3/c1-14-8-9-18(10-15(14)2)27-22(29)19(21(28)26-23(27)30)11-16-12-24-20(25-13-16)17-6-4-3-5-7-17/h3-13H,1-2H3,(H,26,28,30)/b19-11-. The van der Waals surface area contributed by atoms with Crippen LogP contribution >= 0.6 is 0 Å². The lowest BCUT2D eigenvalue weighted by molar-refractivity contribution is -0.122.